The fraction of sp³-hybridized carbons (Fsp3) is 0.118. The third-order valence-electron chi connectivity index (χ3n) is 7.03. The van der Waals surface area contributed by atoms with E-state index in [1.54, 1.807) is 0 Å². The monoisotopic (exact) mass is 494 g/mol. The van der Waals surface area contributed by atoms with Crippen LogP contribution < -0.4 is 9.80 Å². The van der Waals surface area contributed by atoms with Crippen LogP contribution in [-0.2, 0) is 0 Å². The fourth-order valence-corrected chi connectivity index (χ4v) is 4.98. The van der Waals surface area contributed by atoms with Gasteiger partial charge in [-0.15, -0.1) is 0 Å². The van der Waals surface area contributed by atoms with Gasteiger partial charge >= 0.3 is 0 Å². The second-order valence-electron chi connectivity index (χ2n) is 9.98. The summed E-state index contributed by atoms with van der Waals surface area (Å²) in [6, 6.07) is 33.9. The number of fused-ring (bicyclic) bond motifs is 2. The molecule has 4 aromatic carbocycles. The molecule has 0 unspecified atom stereocenters. The Morgan fingerprint density at radius 1 is 0.500 bits per heavy atom. The molecule has 6 aromatic rings. The van der Waals surface area contributed by atoms with Crippen molar-refractivity contribution in [2.75, 3.05) is 38.0 Å². The number of anilines is 2. The Hall–Kier alpha value is -4.88. The number of hydrogen-bond acceptors (Lipinski definition) is 2. The second kappa shape index (κ2) is 9.53. The fourth-order valence-electron chi connectivity index (χ4n) is 4.98. The van der Waals surface area contributed by atoms with E-state index in [1.165, 1.54) is 0 Å². The van der Waals surface area contributed by atoms with E-state index in [1.807, 2.05) is 0 Å². The van der Waals surface area contributed by atoms with Gasteiger partial charge < -0.3 is 19.8 Å². The van der Waals surface area contributed by atoms with Gasteiger partial charge in [0.25, 0.3) is 0 Å². The molecule has 2 N–H and O–H groups in total. The lowest BCUT2D eigenvalue weighted by Crippen LogP contribution is -2.08. The van der Waals surface area contributed by atoms with Gasteiger partial charge in [0.05, 0.1) is 22.5 Å². The largest absolute Gasteiger partial charge is 0.378 e. The van der Waals surface area contributed by atoms with Crippen LogP contribution in [0.5, 0.6) is 0 Å². The molecule has 0 amide bonds. The molecule has 0 atom stereocenters. The van der Waals surface area contributed by atoms with Gasteiger partial charge in [0.1, 0.15) is 0 Å². The van der Waals surface area contributed by atoms with Crippen LogP contribution in [0.4, 0.5) is 11.4 Å². The summed E-state index contributed by atoms with van der Waals surface area (Å²) in [5, 5.41) is 2.25. The van der Waals surface area contributed by atoms with Crippen LogP contribution in [0.15, 0.2) is 97.1 Å². The van der Waals surface area contributed by atoms with Crippen molar-refractivity contribution >= 4 is 33.2 Å². The summed E-state index contributed by atoms with van der Waals surface area (Å²) < 4.78 is 0. The number of para-hydroxylation sites is 2. The van der Waals surface area contributed by atoms with Crippen LogP contribution in [0, 0.1) is 11.8 Å². The van der Waals surface area contributed by atoms with Gasteiger partial charge in [0.2, 0.25) is 0 Å². The first kappa shape index (κ1) is 23.5. The van der Waals surface area contributed by atoms with E-state index in [-0.39, 0.29) is 0 Å². The average molecular weight is 495 g/mol. The number of nitrogens with one attached hydrogen (secondary N) is 2. The summed E-state index contributed by atoms with van der Waals surface area (Å²) in [6.45, 7) is 0. The maximum atomic E-state index is 3.65. The summed E-state index contributed by atoms with van der Waals surface area (Å²) in [7, 11) is 8.26. The SMILES string of the molecule is CN(C)c1cccc(-c2[nH]c3ccccc3c2C#Cc2c(-c3cccc(N(C)C)c3)[nH]c3ccccc23)c1. The first-order chi connectivity index (χ1) is 18.5. The number of rotatable bonds is 4. The van der Waals surface area contributed by atoms with Crippen LogP contribution in [0.1, 0.15) is 11.1 Å². The second-order valence-corrected chi connectivity index (χ2v) is 9.98. The van der Waals surface area contributed by atoms with E-state index in [4.69, 9.17) is 0 Å². The van der Waals surface area contributed by atoms with Crippen LogP contribution in [0.3, 0.4) is 0 Å². The molecule has 0 saturated heterocycles. The Labute approximate surface area is 223 Å². The number of benzene rings is 4. The molecule has 0 bridgehead atoms. The van der Waals surface area contributed by atoms with Crippen molar-refractivity contribution in [3.63, 3.8) is 0 Å². The zero-order valence-corrected chi connectivity index (χ0v) is 22.1. The minimum absolute atomic E-state index is 1.01. The van der Waals surface area contributed by atoms with Gasteiger partial charge in [0, 0.05) is 72.5 Å². The highest BCUT2D eigenvalue weighted by Gasteiger charge is 2.15. The van der Waals surface area contributed by atoms with Gasteiger partial charge in [0.15, 0.2) is 0 Å². The van der Waals surface area contributed by atoms with E-state index >= 15 is 0 Å². The molecule has 0 saturated carbocycles. The van der Waals surface area contributed by atoms with Gasteiger partial charge in [-0.1, -0.05) is 72.5 Å². The summed E-state index contributed by atoms with van der Waals surface area (Å²) in [6.07, 6.45) is 0. The topological polar surface area (TPSA) is 38.1 Å². The number of aromatic amines is 2. The number of H-pyrrole nitrogens is 2. The summed E-state index contributed by atoms with van der Waals surface area (Å²) in [5.41, 5.74) is 10.8. The van der Waals surface area contributed by atoms with E-state index in [0.29, 0.717) is 0 Å². The van der Waals surface area contributed by atoms with Crippen LogP contribution in [0.2, 0.25) is 0 Å². The van der Waals surface area contributed by atoms with Gasteiger partial charge in [-0.3, -0.25) is 0 Å². The smallest absolute Gasteiger partial charge is 0.0624 e. The molecule has 0 aliphatic rings. The molecule has 0 radical (unpaired) electrons. The van der Waals surface area contributed by atoms with Crippen molar-refractivity contribution in [2.24, 2.45) is 0 Å². The van der Waals surface area contributed by atoms with Crippen molar-refractivity contribution in [1.29, 1.82) is 0 Å². The first-order valence-corrected chi connectivity index (χ1v) is 12.8. The molecule has 4 nitrogen and oxygen atoms in total. The predicted octanol–water partition coefficient (Wildman–Crippen LogP) is 7.52. The third kappa shape index (κ3) is 4.19. The van der Waals surface area contributed by atoms with Crippen LogP contribution in [-0.4, -0.2) is 38.2 Å². The molecule has 38 heavy (non-hydrogen) atoms. The minimum Gasteiger partial charge on any atom is -0.378 e. The van der Waals surface area contributed by atoms with Gasteiger partial charge in [-0.2, -0.15) is 0 Å². The lowest BCUT2D eigenvalue weighted by molar-refractivity contribution is 1.13. The van der Waals surface area contributed by atoms with Crippen molar-refractivity contribution in [2.45, 2.75) is 0 Å². The maximum Gasteiger partial charge on any atom is 0.0624 e. The number of aromatic nitrogens is 2. The van der Waals surface area contributed by atoms with Gasteiger partial charge in [-0.25, -0.2) is 0 Å². The molecular weight excluding hydrogens is 464 g/mol. The molecule has 6 rings (SSSR count). The predicted molar refractivity (Wildman–Crippen MR) is 162 cm³/mol. The Morgan fingerprint density at radius 3 is 1.34 bits per heavy atom. The molecule has 2 aromatic heterocycles. The molecular formula is C34H30N4. The third-order valence-corrected chi connectivity index (χ3v) is 7.03. The zero-order valence-electron chi connectivity index (χ0n) is 22.1. The highest BCUT2D eigenvalue weighted by atomic mass is 15.1. The van der Waals surface area contributed by atoms with Crippen LogP contribution in [0.25, 0.3) is 44.3 Å². The lowest BCUT2D eigenvalue weighted by Gasteiger charge is -2.13. The molecule has 0 fully saturated rings. The van der Waals surface area contributed by atoms with E-state index in [0.717, 1.165) is 66.8 Å². The molecule has 186 valence electrons. The van der Waals surface area contributed by atoms with Crippen molar-refractivity contribution < 1.29 is 0 Å². The summed E-state index contributed by atoms with van der Waals surface area (Å²) in [5.74, 6) is 7.20. The van der Waals surface area contributed by atoms with Crippen molar-refractivity contribution in [1.82, 2.24) is 9.97 Å². The van der Waals surface area contributed by atoms with Crippen molar-refractivity contribution in [3.05, 3.63) is 108 Å². The minimum atomic E-state index is 1.01. The number of nitrogens with zero attached hydrogens (tertiary/aromatic N) is 2. The highest BCUT2D eigenvalue weighted by Crippen LogP contribution is 2.34. The van der Waals surface area contributed by atoms with Gasteiger partial charge in [-0.05, 0) is 36.4 Å². The number of hydrogen-bond donors (Lipinski definition) is 2. The van der Waals surface area contributed by atoms with E-state index < -0.39 is 0 Å². The normalized spacial score (nSPS) is 10.9. The Bertz CT molecular complexity index is 1710. The van der Waals surface area contributed by atoms with E-state index in [9.17, 15) is 0 Å². The maximum absolute atomic E-state index is 3.65. The first-order valence-electron chi connectivity index (χ1n) is 12.8. The lowest BCUT2D eigenvalue weighted by atomic mass is 10.0. The Balaban J connectivity index is 1.57. The summed E-state index contributed by atoms with van der Waals surface area (Å²) in [4.78, 5) is 11.5. The molecule has 4 heteroatoms. The standard InChI is InChI=1S/C34H30N4/c1-37(2)25-13-9-11-23(21-25)33-29(27-15-5-7-17-31(27)35-33)19-20-30-28-16-6-8-18-32(28)36-34(30)24-12-10-14-26(22-24)38(3)4/h5-18,21-22,35-36H,1-4H3. The highest BCUT2D eigenvalue weighted by molar-refractivity contribution is 5.97. The molecule has 0 aliphatic heterocycles. The molecule has 2 heterocycles. The van der Waals surface area contributed by atoms with E-state index in [2.05, 4.69) is 157 Å². The van der Waals surface area contributed by atoms with Crippen molar-refractivity contribution in [3.8, 4) is 34.4 Å². The molecule has 0 aliphatic carbocycles. The Morgan fingerprint density at radius 2 is 0.921 bits per heavy atom. The molecule has 0 spiro atoms. The average Bonchev–Trinajstić information content (AvgIpc) is 3.50. The quantitative estimate of drug-likeness (QED) is 0.249. The summed E-state index contributed by atoms with van der Waals surface area (Å²) >= 11 is 0. The Kier molecular flexibility index (Phi) is 5.90. The zero-order chi connectivity index (χ0) is 26.2. The van der Waals surface area contributed by atoms with Crippen LogP contribution >= 0.6 is 0 Å².